The van der Waals surface area contributed by atoms with Gasteiger partial charge in [-0.1, -0.05) is 32.9 Å². The quantitative estimate of drug-likeness (QED) is 0.643. The van der Waals surface area contributed by atoms with Gasteiger partial charge in [-0.2, -0.15) is 0 Å². The number of aromatic nitrogens is 3. The molecule has 5 rings (SSSR count). The molecule has 2 unspecified atom stereocenters. The number of hydrogen-bond donors (Lipinski definition) is 1. The molecule has 0 radical (unpaired) electrons. The number of imidazole rings is 1. The number of benzene rings is 1. The lowest BCUT2D eigenvalue weighted by Gasteiger charge is -2.32. The number of nitrogens with one attached hydrogen (secondary N) is 1. The van der Waals surface area contributed by atoms with Crippen molar-refractivity contribution in [2.75, 3.05) is 13.1 Å². The molecule has 2 aliphatic heterocycles. The van der Waals surface area contributed by atoms with Crippen molar-refractivity contribution >= 4 is 17.1 Å². The third kappa shape index (κ3) is 4.16. The summed E-state index contributed by atoms with van der Waals surface area (Å²) in [5.41, 5.74) is 8.27. The summed E-state index contributed by atoms with van der Waals surface area (Å²) >= 11 is 0. The molecule has 2 saturated heterocycles. The first-order chi connectivity index (χ1) is 16.1. The lowest BCUT2D eigenvalue weighted by Crippen LogP contribution is -2.43. The Kier molecular flexibility index (Phi) is 5.61. The fourth-order valence-corrected chi connectivity index (χ4v) is 5.10. The van der Waals surface area contributed by atoms with Gasteiger partial charge in [-0.15, -0.1) is 0 Å². The average molecular weight is 464 g/mol. The number of amides is 1. The second-order valence-electron chi connectivity index (χ2n) is 10.9. The molecule has 2 atom stereocenters. The molecular weight excluding hydrogens is 430 g/mol. The molecule has 8 nitrogen and oxygen atoms in total. The standard InChI is InChI=1S/C26H33N5O3/c1-16-6-7-17(13-30-11-10-22-19(14-30)24(32)28-34-22)12-18(16)20-8-9-21-23(27-20)29(5)25(33)31(21)15-26(2,3)4/h6-9,12,19,22H,10-11,13-15H2,1-5H3,(H,28,32). The van der Waals surface area contributed by atoms with Gasteiger partial charge in [0, 0.05) is 38.8 Å². The molecule has 3 aromatic rings. The second-order valence-corrected chi connectivity index (χ2v) is 10.9. The van der Waals surface area contributed by atoms with Crippen LogP contribution in [0.5, 0.6) is 0 Å². The van der Waals surface area contributed by atoms with E-state index < -0.39 is 0 Å². The molecule has 34 heavy (non-hydrogen) atoms. The summed E-state index contributed by atoms with van der Waals surface area (Å²) in [5.74, 6) is -0.109. The van der Waals surface area contributed by atoms with Crippen LogP contribution in [0, 0.1) is 18.3 Å². The van der Waals surface area contributed by atoms with Crippen LogP contribution in [0.4, 0.5) is 0 Å². The fourth-order valence-electron chi connectivity index (χ4n) is 5.10. The van der Waals surface area contributed by atoms with Crippen molar-refractivity contribution in [3.05, 3.63) is 51.9 Å². The van der Waals surface area contributed by atoms with Gasteiger partial charge in [0.05, 0.1) is 23.2 Å². The summed E-state index contributed by atoms with van der Waals surface area (Å²) in [6, 6.07) is 10.5. The van der Waals surface area contributed by atoms with E-state index in [0.717, 1.165) is 41.8 Å². The number of rotatable bonds is 4. The van der Waals surface area contributed by atoms with Crippen LogP contribution in [-0.2, 0) is 29.8 Å². The maximum atomic E-state index is 12.9. The van der Waals surface area contributed by atoms with Crippen molar-refractivity contribution in [2.24, 2.45) is 18.4 Å². The van der Waals surface area contributed by atoms with Crippen molar-refractivity contribution in [1.29, 1.82) is 0 Å². The Labute approximate surface area is 199 Å². The van der Waals surface area contributed by atoms with Crippen molar-refractivity contribution in [3.8, 4) is 11.3 Å². The molecule has 2 fully saturated rings. The fraction of sp³-hybridized carbons (Fsp3) is 0.500. The Morgan fingerprint density at radius 3 is 2.74 bits per heavy atom. The number of nitrogens with zero attached hydrogens (tertiary/aromatic N) is 4. The van der Waals surface area contributed by atoms with E-state index in [4.69, 9.17) is 9.82 Å². The van der Waals surface area contributed by atoms with Crippen LogP contribution in [0.1, 0.15) is 38.3 Å². The van der Waals surface area contributed by atoms with Crippen molar-refractivity contribution in [1.82, 2.24) is 24.5 Å². The number of likely N-dealkylation sites (tertiary alicyclic amines) is 1. The molecule has 4 heterocycles. The van der Waals surface area contributed by atoms with Gasteiger partial charge in [0.2, 0.25) is 0 Å². The zero-order valence-corrected chi connectivity index (χ0v) is 20.6. The largest absolute Gasteiger partial charge is 0.330 e. The summed E-state index contributed by atoms with van der Waals surface area (Å²) in [4.78, 5) is 37.5. The van der Waals surface area contributed by atoms with E-state index in [1.165, 1.54) is 5.56 Å². The van der Waals surface area contributed by atoms with Gasteiger partial charge in [-0.25, -0.2) is 15.3 Å². The number of piperidine rings is 1. The molecule has 180 valence electrons. The van der Waals surface area contributed by atoms with Crippen molar-refractivity contribution < 1.29 is 9.63 Å². The Balaban J connectivity index is 1.44. The monoisotopic (exact) mass is 463 g/mol. The molecule has 0 bridgehead atoms. The molecule has 0 spiro atoms. The lowest BCUT2D eigenvalue weighted by atomic mass is 9.94. The van der Waals surface area contributed by atoms with E-state index in [1.54, 1.807) is 11.6 Å². The first-order valence-electron chi connectivity index (χ1n) is 11.9. The first kappa shape index (κ1) is 22.8. The molecule has 0 aliphatic carbocycles. The van der Waals surface area contributed by atoms with E-state index in [9.17, 15) is 9.59 Å². The first-order valence-corrected chi connectivity index (χ1v) is 11.9. The lowest BCUT2D eigenvalue weighted by molar-refractivity contribution is -0.126. The van der Waals surface area contributed by atoms with E-state index in [1.807, 2.05) is 16.7 Å². The van der Waals surface area contributed by atoms with Gasteiger partial charge in [-0.05, 0) is 48.1 Å². The average Bonchev–Trinajstić information content (AvgIpc) is 3.27. The SMILES string of the molecule is Cc1ccc(CN2CCC3ONC(=O)C3C2)cc1-c1ccc2c(n1)n(C)c(=O)n2CC(C)(C)C. The number of hydrogen-bond acceptors (Lipinski definition) is 5. The number of carbonyl (C=O) groups is 1. The van der Waals surface area contributed by atoms with Gasteiger partial charge in [0.1, 0.15) is 0 Å². The van der Waals surface area contributed by atoms with Crippen LogP contribution in [0.15, 0.2) is 35.1 Å². The summed E-state index contributed by atoms with van der Waals surface area (Å²) in [6.45, 7) is 11.5. The number of pyridine rings is 1. The number of fused-ring (bicyclic) bond motifs is 2. The van der Waals surface area contributed by atoms with Gasteiger partial charge in [0.25, 0.3) is 5.91 Å². The molecule has 2 aromatic heterocycles. The summed E-state index contributed by atoms with van der Waals surface area (Å²) in [5, 5.41) is 0. The van der Waals surface area contributed by atoms with E-state index in [-0.39, 0.29) is 29.0 Å². The Morgan fingerprint density at radius 2 is 1.97 bits per heavy atom. The third-order valence-corrected chi connectivity index (χ3v) is 6.88. The smallest absolute Gasteiger partial charge is 0.298 e. The normalized spacial score (nSPS) is 21.1. The molecule has 1 N–H and O–H groups in total. The summed E-state index contributed by atoms with van der Waals surface area (Å²) < 4.78 is 3.46. The van der Waals surface area contributed by atoms with Gasteiger partial charge < -0.3 is 0 Å². The minimum Gasteiger partial charge on any atom is -0.298 e. The highest BCUT2D eigenvalue weighted by atomic mass is 16.7. The molecular formula is C26H33N5O3. The topological polar surface area (TPSA) is 81.4 Å². The van der Waals surface area contributed by atoms with E-state index >= 15 is 0 Å². The number of hydroxylamine groups is 1. The summed E-state index contributed by atoms with van der Waals surface area (Å²) in [6.07, 6.45) is 0.838. The molecule has 8 heteroatoms. The number of aryl methyl sites for hydroxylation is 2. The van der Waals surface area contributed by atoms with Crippen LogP contribution in [0.3, 0.4) is 0 Å². The van der Waals surface area contributed by atoms with Gasteiger partial charge in [0.15, 0.2) is 5.65 Å². The highest BCUT2D eigenvalue weighted by Gasteiger charge is 2.40. The minimum atomic E-state index is -0.0961. The van der Waals surface area contributed by atoms with E-state index in [0.29, 0.717) is 18.7 Å². The minimum absolute atomic E-state index is 0.00880. The van der Waals surface area contributed by atoms with Crippen LogP contribution in [0.2, 0.25) is 0 Å². The predicted molar refractivity (Wildman–Crippen MR) is 131 cm³/mol. The zero-order valence-electron chi connectivity index (χ0n) is 20.6. The number of carbonyl (C=O) groups excluding carboxylic acids is 1. The zero-order chi connectivity index (χ0) is 24.2. The molecule has 0 saturated carbocycles. The van der Waals surface area contributed by atoms with Crippen LogP contribution in [-0.4, -0.2) is 44.1 Å². The molecule has 2 aliphatic rings. The Morgan fingerprint density at radius 1 is 1.18 bits per heavy atom. The Bertz CT molecular complexity index is 1320. The Hall–Kier alpha value is -2.97. The predicted octanol–water partition coefficient (Wildman–Crippen LogP) is 3.01. The van der Waals surface area contributed by atoms with Crippen molar-refractivity contribution in [2.45, 2.75) is 53.3 Å². The summed E-state index contributed by atoms with van der Waals surface area (Å²) in [7, 11) is 1.79. The molecule has 1 aromatic carbocycles. The van der Waals surface area contributed by atoms with Gasteiger partial charge in [-0.3, -0.25) is 23.7 Å². The highest BCUT2D eigenvalue weighted by molar-refractivity contribution is 5.80. The van der Waals surface area contributed by atoms with Crippen molar-refractivity contribution in [3.63, 3.8) is 0 Å². The third-order valence-electron chi connectivity index (χ3n) is 6.88. The van der Waals surface area contributed by atoms with E-state index in [2.05, 4.69) is 56.3 Å². The van der Waals surface area contributed by atoms with Crippen LogP contribution >= 0.6 is 0 Å². The van der Waals surface area contributed by atoms with Crippen LogP contribution < -0.4 is 11.2 Å². The maximum Gasteiger partial charge on any atom is 0.330 e. The van der Waals surface area contributed by atoms with Gasteiger partial charge >= 0.3 is 5.69 Å². The maximum absolute atomic E-state index is 12.9. The highest BCUT2D eigenvalue weighted by Crippen LogP contribution is 2.29. The van der Waals surface area contributed by atoms with Crippen LogP contribution in [0.25, 0.3) is 22.4 Å². The second kappa shape index (κ2) is 8.36. The molecule has 1 amide bonds.